The summed E-state index contributed by atoms with van der Waals surface area (Å²) in [5.41, 5.74) is -0.947. The lowest BCUT2D eigenvalue weighted by Gasteiger charge is -2.28. The second-order valence-corrected chi connectivity index (χ2v) is 5.56. The quantitative estimate of drug-likeness (QED) is 0.757. The van der Waals surface area contributed by atoms with E-state index in [1.807, 2.05) is 32.4 Å². The number of aryl methyl sites for hydroxylation is 3. The maximum Gasteiger partial charge on any atom is 0.323 e. The second kappa shape index (κ2) is 6.83. The highest BCUT2D eigenvalue weighted by Gasteiger charge is 2.33. The summed E-state index contributed by atoms with van der Waals surface area (Å²) in [4.78, 5) is 15.9. The summed E-state index contributed by atoms with van der Waals surface area (Å²) in [6, 6.07) is 0.115. The van der Waals surface area contributed by atoms with E-state index in [4.69, 9.17) is 0 Å². The summed E-state index contributed by atoms with van der Waals surface area (Å²) in [6.07, 6.45) is 2.06. The maximum absolute atomic E-state index is 11.5. The fourth-order valence-corrected chi connectivity index (χ4v) is 2.22. The first-order valence-electron chi connectivity index (χ1n) is 7.26. The molecular weight excluding hydrogens is 256 g/mol. The van der Waals surface area contributed by atoms with Crippen LogP contribution in [-0.4, -0.2) is 37.4 Å². The summed E-state index contributed by atoms with van der Waals surface area (Å²) in [6.45, 7) is 10.2. The van der Waals surface area contributed by atoms with Gasteiger partial charge in [-0.1, -0.05) is 13.8 Å². The fraction of sp³-hybridized carbons (Fsp3) is 0.786. The van der Waals surface area contributed by atoms with Gasteiger partial charge in [-0.3, -0.25) is 10.1 Å². The van der Waals surface area contributed by atoms with Crippen molar-refractivity contribution in [2.75, 3.05) is 0 Å². The Morgan fingerprint density at radius 2 is 2.05 bits per heavy atom. The molecule has 1 aromatic heterocycles. The topological polar surface area (TPSA) is 80.0 Å². The Morgan fingerprint density at radius 1 is 1.40 bits per heavy atom. The van der Waals surface area contributed by atoms with Crippen molar-refractivity contribution in [3.05, 3.63) is 11.6 Å². The minimum atomic E-state index is -0.947. The molecule has 1 rings (SSSR count). The number of carbonyl (C=O) groups is 1. The smallest absolute Gasteiger partial charge is 0.323 e. The maximum atomic E-state index is 11.5. The largest absolute Gasteiger partial charge is 0.480 e. The Bertz CT molecular complexity index is 456. The molecule has 0 saturated heterocycles. The highest BCUT2D eigenvalue weighted by molar-refractivity contribution is 5.78. The van der Waals surface area contributed by atoms with Gasteiger partial charge in [0.1, 0.15) is 11.4 Å². The van der Waals surface area contributed by atoms with Crippen LogP contribution >= 0.6 is 0 Å². The van der Waals surface area contributed by atoms with Crippen molar-refractivity contribution in [2.24, 2.45) is 0 Å². The molecule has 0 radical (unpaired) electrons. The molecule has 0 bridgehead atoms. The van der Waals surface area contributed by atoms with Crippen LogP contribution in [0.25, 0.3) is 0 Å². The summed E-state index contributed by atoms with van der Waals surface area (Å²) in [5, 5.41) is 17.0. The van der Waals surface area contributed by atoms with Gasteiger partial charge in [0, 0.05) is 25.4 Å². The minimum absolute atomic E-state index is 0.115. The molecule has 0 fully saturated rings. The van der Waals surface area contributed by atoms with Gasteiger partial charge in [0.05, 0.1) is 0 Å². The second-order valence-electron chi connectivity index (χ2n) is 5.56. The Balaban J connectivity index is 2.82. The predicted molar refractivity (Wildman–Crippen MR) is 77.7 cm³/mol. The molecule has 1 aromatic rings. The minimum Gasteiger partial charge on any atom is -0.480 e. The third-order valence-corrected chi connectivity index (χ3v) is 3.33. The summed E-state index contributed by atoms with van der Waals surface area (Å²) < 4.78 is 1.84. The Hall–Kier alpha value is -1.43. The van der Waals surface area contributed by atoms with Crippen molar-refractivity contribution in [1.82, 2.24) is 20.1 Å². The van der Waals surface area contributed by atoms with Crippen LogP contribution in [0.4, 0.5) is 0 Å². The highest BCUT2D eigenvalue weighted by atomic mass is 16.4. The van der Waals surface area contributed by atoms with Gasteiger partial charge in [-0.2, -0.15) is 5.10 Å². The number of aromatic nitrogens is 3. The first-order valence-corrected chi connectivity index (χ1v) is 7.26. The van der Waals surface area contributed by atoms with E-state index in [9.17, 15) is 9.90 Å². The molecule has 0 aliphatic rings. The standard InChI is InChI=1S/C14H26N4O2/c1-6-11-15-12(7-2)18(17-11)9-8-14(5,13(19)20)16-10(3)4/h10,16H,6-9H2,1-5H3,(H,19,20). The SMILES string of the molecule is CCc1nc(CC)n(CCC(C)(NC(C)C)C(=O)O)n1. The molecule has 114 valence electrons. The number of carboxylic acid groups (broad SMARTS) is 1. The van der Waals surface area contributed by atoms with Crippen LogP contribution in [0.3, 0.4) is 0 Å². The number of hydrogen-bond acceptors (Lipinski definition) is 4. The third kappa shape index (κ3) is 4.03. The Kier molecular flexibility index (Phi) is 5.68. The van der Waals surface area contributed by atoms with E-state index in [0.29, 0.717) is 13.0 Å². The molecular formula is C14H26N4O2. The molecule has 0 aromatic carbocycles. The van der Waals surface area contributed by atoms with Crippen molar-refractivity contribution in [3.8, 4) is 0 Å². The normalized spacial score (nSPS) is 14.5. The molecule has 1 heterocycles. The summed E-state index contributed by atoms with van der Waals surface area (Å²) >= 11 is 0. The van der Waals surface area contributed by atoms with E-state index in [2.05, 4.69) is 15.4 Å². The zero-order valence-corrected chi connectivity index (χ0v) is 13.1. The van der Waals surface area contributed by atoms with Crippen LogP contribution in [0.15, 0.2) is 0 Å². The molecule has 1 atom stereocenters. The molecule has 2 N–H and O–H groups in total. The van der Waals surface area contributed by atoms with Gasteiger partial charge < -0.3 is 5.11 Å². The van der Waals surface area contributed by atoms with Gasteiger partial charge >= 0.3 is 5.97 Å². The van der Waals surface area contributed by atoms with Crippen LogP contribution in [0.5, 0.6) is 0 Å². The first kappa shape index (κ1) is 16.6. The lowest BCUT2D eigenvalue weighted by molar-refractivity contribution is -0.144. The molecule has 20 heavy (non-hydrogen) atoms. The number of carboxylic acids is 1. The molecule has 0 amide bonds. The van der Waals surface area contributed by atoms with Crippen molar-refractivity contribution in [2.45, 2.75) is 72.0 Å². The monoisotopic (exact) mass is 282 g/mol. The summed E-state index contributed by atoms with van der Waals surface area (Å²) in [7, 11) is 0. The lowest BCUT2D eigenvalue weighted by Crippen LogP contribution is -2.53. The number of hydrogen-bond donors (Lipinski definition) is 2. The fourth-order valence-electron chi connectivity index (χ4n) is 2.22. The Labute approximate surface area is 120 Å². The zero-order valence-electron chi connectivity index (χ0n) is 13.1. The van der Waals surface area contributed by atoms with E-state index in [-0.39, 0.29) is 6.04 Å². The van der Waals surface area contributed by atoms with Gasteiger partial charge in [-0.05, 0) is 27.2 Å². The van der Waals surface area contributed by atoms with Crippen LogP contribution in [0.2, 0.25) is 0 Å². The van der Waals surface area contributed by atoms with E-state index in [1.165, 1.54) is 0 Å². The van der Waals surface area contributed by atoms with Gasteiger partial charge in [0.15, 0.2) is 5.82 Å². The average molecular weight is 282 g/mol. The molecule has 6 nitrogen and oxygen atoms in total. The number of rotatable bonds is 8. The van der Waals surface area contributed by atoms with E-state index in [0.717, 1.165) is 24.5 Å². The number of nitrogens with one attached hydrogen (secondary N) is 1. The lowest BCUT2D eigenvalue weighted by atomic mass is 9.97. The van der Waals surface area contributed by atoms with Crippen LogP contribution in [0.1, 0.15) is 52.7 Å². The summed E-state index contributed by atoms with van der Waals surface area (Å²) in [5.74, 6) is 0.898. The van der Waals surface area contributed by atoms with E-state index in [1.54, 1.807) is 6.92 Å². The molecule has 0 aliphatic carbocycles. The number of nitrogens with zero attached hydrogens (tertiary/aromatic N) is 3. The van der Waals surface area contributed by atoms with Crippen LogP contribution in [0, 0.1) is 0 Å². The predicted octanol–water partition coefficient (Wildman–Crippen LogP) is 1.63. The van der Waals surface area contributed by atoms with E-state index < -0.39 is 11.5 Å². The van der Waals surface area contributed by atoms with Crippen molar-refractivity contribution < 1.29 is 9.90 Å². The molecule has 0 saturated carbocycles. The molecule has 0 aliphatic heterocycles. The van der Waals surface area contributed by atoms with Crippen molar-refractivity contribution in [3.63, 3.8) is 0 Å². The first-order chi connectivity index (χ1) is 9.32. The van der Waals surface area contributed by atoms with Crippen molar-refractivity contribution in [1.29, 1.82) is 0 Å². The third-order valence-electron chi connectivity index (χ3n) is 3.33. The van der Waals surface area contributed by atoms with Gasteiger partial charge in [0.25, 0.3) is 0 Å². The highest BCUT2D eigenvalue weighted by Crippen LogP contribution is 2.14. The van der Waals surface area contributed by atoms with Crippen LogP contribution < -0.4 is 5.32 Å². The molecule has 1 unspecified atom stereocenters. The Morgan fingerprint density at radius 3 is 2.50 bits per heavy atom. The van der Waals surface area contributed by atoms with Gasteiger partial charge in [0.2, 0.25) is 0 Å². The van der Waals surface area contributed by atoms with Crippen LogP contribution in [-0.2, 0) is 24.2 Å². The van der Waals surface area contributed by atoms with E-state index >= 15 is 0 Å². The zero-order chi connectivity index (χ0) is 15.3. The average Bonchev–Trinajstić information content (AvgIpc) is 2.77. The molecule has 6 heteroatoms. The number of aliphatic carboxylic acids is 1. The molecule has 0 spiro atoms. The van der Waals surface area contributed by atoms with Crippen molar-refractivity contribution >= 4 is 5.97 Å². The van der Waals surface area contributed by atoms with Gasteiger partial charge in [-0.25, -0.2) is 9.67 Å². The van der Waals surface area contributed by atoms with Gasteiger partial charge in [-0.15, -0.1) is 0 Å².